The molecule has 182 valence electrons. The maximum atomic E-state index is 2.51. The van der Waals surface area contributed by atoms with Gasteiger partial charge >= 0.3 is 223 Å². The van der Waals surface area contributed by atoms with E-state index in [0.717, 1.165) is 6.42 Å². The van der Waals surface area contributed by atoms with Gasteiger partial charge in [0.25, 0.3) is 0 Å². The standard InChI is InChI=1S/C33H36GeNS/c1-20-23-11-9-10-12-24(23)27(19-33(2,3)4)32-29(20)31-30-25(15-16-35(31)8)26-18-22(34(5,6)7)14-13-21(26)17-28(30)36-32/h9-18H,19H2,1-8H3/q+1. The molecule has 1 aliphatic rings. The van der Waals surface area contributed by atoms with Crippen molar-refractivity contribution in [3.05, 3.63) is 71.9 Å². The minimum atomic E-state index is -1.94. The number of aryl methyl sites for hydroxylation is 2. The van der Waals surface area contributed by atoms with E-state index in [-0.39, 0.29) is 5.41 Å². The molecule has 1 aromatic heterocycles. The molecule has 0 unspecified atom stereocenters. The Bertz CT molecular complexity index is 1720. The first-order valence-corrected chi connectivity index (χ1v) is 21.2. The Balaban J connectivity index is 1.77. The van der Waals surface area contributed by atoms with Crippen molar-refractivity contribution >= 4 is 61.7 Å². The van der Waals surface area contributed by atoms with E-state index in [2.05, 4.69) is 117 Å². The van der Waals surface area contributed by atoms with Crippen molar-refractivity contribution in [2.75, 3.05) is 0 Å². The second-order valence-corrected chi connectivity index (χ2v) is 24.5. The van der Waals surface area contributed by atoms with Crippen LogP contribution in [-0.2, 0) is 13.5 Å². The number of nitrogens with zero attached hydrogens (tertiary/aromatic N) is 1. The Morgan fingerprint density at radius 2 is 1.58 bits per heavy atom. The van der Waals surface area contributed by atoms with Gasteiger partial charge < -0.3 is 0 Å². The summed E-state index contributed by atoms with van der Waals surface area (Å²) in [5.74, 6) is 7.47. The number of benzene rings is 4. The molecule has 6 rings (SSSR count). The van der Waals surface area contributed by atoms with Crippen LogP contribution in [0.3, 0.4) is 0 Å². The molecule has 0 bridgehead atoms. The fraction of sp³-hybridized carbons (Fsp3) is 0.303. The van der Waals surface area contributed by atoms with Gasteiger partial charge in [-0.15, -0.1) is 0 Å². The van der Waals surface area contributed by atoms with Gasteiger partial charge in [0.15, 0.2) is 0 Å². The van der Waals surface area contributed by atoms with Crippen LogP contribution in [0.1, 0.15) is 31.9 Å². The van der Waals surface area contributed by atoms with Crippen LogP contribution in [0.5, 0.6) is 0 Å². The quantitative estimate of drug-likeness (QED) is 0.119. The van der Waals surface area contributed by atoms with E-state index in [1.54, 1.807) is 4.40 Å². The molecule has 0 spiro atoms. The summed E-state index contributed by atoms with van der Waals surface area (Å²) >= 11 is 0.0590. The summed E-state index contributed by atoms with van der Waals surface area (Å²) in [6.07, 6.45) is 3.34. The third-order valence-electron chi connectivity index (χ3n) is 7.75. The third kappa shape index (κ3) is 3.71. The molecule has 2 heterocycles. The molecule has 1 nitrogen and oxygen atoms in total. The normalized spacial score (nSPS) is 13.6. The molecule has 0 radical (unpaired) electrons. The number of pyridine rings is 1. The average Bonchev–Trinajstić information content (AvgIpc) is 2.81. The average molecular weight is 551 g/mol. The molecule has 0 saturated carbocycles. The van der Waals surface area contributed by atoms with Gasteiger partial charge in [0, 0.05) is 0 Å². The van der Waals surface area contributed by atoms with Gasteiger partial charge in [-0.3, -0.25) is 0 Å². The molecule has 0 aliphatic carbocycles. The Morgan fingerprint density at radius 3 is 2.28 bits per heavy atom. The molecular formula is C33H36GeNS+. The van der Waals surface area contributed by atoms with Gasteiger partial charge in [-0.25, -0.2) is 0 Å². The molecule has 0 fully saturated rings. The van der Waals surface area contributed by atoms with Crippen LogP contribution in [0, 0.1) is 12.3 Å². The van der Waals surface area contributed by atoms with E-state index in [0.29, 0.717) is 0 Å². The van der Waals surface area contributed by atoms with Crippen molar-refractivity contribution < 1.29 is 4.57 Å². The van der Waals surface area contributed by atoms with Crippen LogP contribution in [0.4, 0.5) is 0 Å². The molecule has 1 aliphatic heterocycles. The van der Waals surface area contributed by atoms with Gasteiger partial charge in [0.1, 0.15) is 0 Å². The summed E-state index contributed by atoms with van der Waals surface area (Å²) in [5, 5.41) is 8.39. The van der Waals surface area contributed by atoms with Crippen LogP contribution in [0.2, 0.25) is 17.3 Å². The van der Waals surface area contributed by atoms with Crippen molar-refractivity contribution in [1.82, 2.24) is 0 Å². The zero-order chi connectivity index (χ0) is 25.6. The van der Waals surface area contributed by atoms with E-state index in [9.17, 15) is 0 Å². The summed E-state index contributed by atoms with van der Waals surface area (Å²) in [6, 6.07) is 21.1. The molecule has 3 heteroatoms. The Labute approximate surface area is 222 Å². The second kappa shape index (κ2) is 8.10. The first kappa shape index (κ1) is 24.1. The van der Waals surface area contributed by atoms with Crippen LogP contribution in [0.25, 0.3) is 43.6 Å². The van der Waals surface area contributed by atoms with Crippen LogP contribution in [-0.4, -0.2) is 13.3 Å². The van der Waals surface area contributed by atoms with Crippen molar-refractivity contribution in [2.45, 2.75) is 61.2 Å². The second-order valence-electron chi connectivity index (χ2n) is 12.8. The van der Waals surface area contributed by atoms with E-state index in [4.69, 9.17) is 0 Å². The molecular weight excluding hydrogens is 515 g/mol. The maximum absolute atomic E-state index is 2.51. The van der Waals surface area contributed by atoms with Crippen LogP contribution >= 0.6 is 11.8 Å². The number of aromatic nitrogens is 1. The van der Waals surface area contributed by atoms with Gasteiger partial charge in [0.05, 0.1) is 0 Å². The van der Waals surface area contributed by atoms with Crippen molar-refractivity contribution in [1.29, 1.82) is 0 Å². The topological polar surface area (TPSA) is 3.88 Å². The predicted octanol–water partition coefficient (Wildman–Crippen LogP) is 8.54. The van der Waals surface area contributed by atoms with E-state index >= 15 is 0 Å². The summed E-state index contributed by atoms with van der Waals surface area (Å²) in [5.41, 5.74) is 5.92. The van der Waals surface area contributed by atoms with Gasteiger partial charge in [-0.2, -0.15) is 0 Å². The zero-order valence-electron chi connectivity index (χ0n) is 22.8. The molecule has 0 atom stereocenters. The van der Waals surface area contributed by atoms with Crippen molar-refractivity contribution in [3.8, 4) is 11.3 Å². The zero-order valence-corrected chi connectivity index (χ0v) is 25.8. The van der Waals surface area contributed by atoms with E-state index < -0.39 is 13.3 Å². The Hall–Kier alpha value is -2.30. The molecule has 4 aromatic carbocycles. The van der Waals surface area contributed by atoms with Crippen LogP contribution < -0.4 is 8.96 Å². The molecule has 36 heavy (non-hydrogen) atoms. The van der Waals surface area contributed by atoms with Crippen molar-refractivity contribution in [2.24, 2.45) is 12.5 Å². The fourth-order valence-electron chi connectivity index (χ4n) is 5.96. The van der Waals surface area contributed by atoms with Gasteiger partial charge in [-0.05, 0) is 0 Å². The fourth-order valence-corrected chi connectivity index (χ4v) is 9.77. The molecule has 0 saturated heterocycles. The van der Waals surface area contributed by atoms with E-state index in [1.165, 1.54) is 64.5 Å². The molecule has 5 aromatic rings. The number of hydrogen-bond donors (Lipinski definition) is 0. The van der Waals surface area contributed by atoms with E-state index in [1.807, 2.05) is 11.8 Å². The Morgan fingerprint density at radius 1 is 0.861 bits per heavy atom. The van der Waals surface area contributed by atoms with Crippen LogP contribution in [0.15, 0.2) is 70.6 Å². The number of rotatable bonds is 2. The Kier molecular flexibility index (Phi) is 5.41. The molecule has 0 N–H and O–H groups in total. The first-order chi connectivity index (χ1) is 16.9. The predicted molar refractivity (Wildman–Crippen MR) is 161 cm³/mol. The van der Waals surface area contributed by atoms with Gasteiger partial charge in [0.2, 0.25) is 0 Å². The number of hydrogen-bond acceptors (Lipinski definition) is 1. The first-order valence-electron chi connectivity index (χ1n) is 13.1. The molecule has 0 amide bonds. The minimum absolute atomic E-state index is 0.207. The summed E-state index contributed by atoms with van der Waals surface area (Å²) in [4.78, 5) is 2.85. The number of fused-ring (bicyclic) bond motifs is 5. The van der Waals surface area contributed by atoms with Crippen molar-refractivity contribution in [3.63, 3.8) is 0 Å². The monoisotopic (exact) mass is 552 g/mol. The summed E-state index contributed by atoms with van der Waals surface area (Å²) in [7, 11) is 2.22. The summed E-state index contributed by atoms with van der Waals surface area (Å²) < 4.78 is 3.94. The summed E-state index contributed by atoms with van der Waals surface area (Å²) in [6.45, 7) is 9.42. The SMILES string of the molecule is Cc1c2c(c(CC(C)(C)C)c3ccccc13)Sc1cc3cc[c]([Ge]([CH3])([CH3])[CH3])cc3c3cc[n+](C)c-2c13. The third-order valence-corrected chi connectivity index (χ3v) is 13.2. The van der Waals surface area contributed by atoms with Gasteiger partial charge in [-0.1, -0.05) is 0 Å².